The lowest BCUT2D eigenvalue weighted by Crippen LogP contribution is -2.20. The molecule has 1 aromatic carbocycles. The van der Waals surface area contributed by atoms with Crippen LogP contribution in [-0.2, 0) is 13.1 Å². The Bertz CT molecular complexity index is 979. The second kappa shape index (κ2) is 9.14. The van der Waals surface area contributed by atoms with Crippen molar-refractivity contribution in [1.82, 2.24) is 19.5 Å². The second-order valence-electron chi connectivity index (χ2n) is 7.04. The van der Waals surface area contributed by atoms with Gasteiger partial charge >= 0.3 is 5.69 Å². The van der Waals surface area contributed by atoms with E-state index in [2.05, 4.69) is 36.1 Å². The number of thioether (sulfide) groups is 1. The molecule has 28 heavy (non-hydrogen) atoms. The number of rotatable bonds is 9. The standard InChI is InChI=1S/C20H27N5O2S/c1-5-10-28-19-22-17(21-11-14-6-8-15(27-4)9-7-14)16-18(23-19)24-20(26)25(16)12-13(2)3/h6-9,13H,5,10-12H2,1-4H3,(H2,21,22,23,24,26). The van der Waals surface area contributed by atoms with E-state index in [-0.39, 0.29) is 5.69 Å². The van der Waals surface area contributed by atoms with E-state index in [9.17, 15) is 4.79 Å². The van der Waals surface area contributed by atoms with Gasteiger partial charge in [0.05, 0.1) is 7.11 Å². The van der Waals surface area contributed by atoms with Gasteiger partial charge in [-0.15, -0.1) is 0 Å². The van der Waals surface area contributed by atoms with E-state index in [0.717, 1.165) is 29.0 Å². The molecule has 7 nitrogen and oxygen atoms in total. The Kier molecular flexibility index (Phi) is 6.61. The minimum Gasteiger partial charge on any atom is -0.497 e. The van der Waals surface area contributed by atoms with Crippen LogP contribution in [-0.4, -0.2) is 32.4 Å². The quantitative estimate of drug-likeness (QED) is 0.418. The minimum absolute atomic E-state index is 0.150. The van der Waals surface area contributed by atoms with Crippen LogP contribution < -0.4 is 15.7 Å². The highest BCUT2D eigenvalue weighted by molar-refractivity contribution is 7.99. The zero-order chi connectivity index (χ0) is 20.1. The smallest absolute Gasteiger partial charge is 0.327 e. The van der Waals surface area contributed by atoms with Crippen molar-refractivity contribution in [3.05, 3.63) is 40.3 Å². The maximum atomic E-state index is 12.5. The van der Waals surface area contributed by atoms with Crippen molar-refractivity contribution in [2.45, 2.75) is 45.4 Å². The molecule has 0 bridgehead atoms. The summed E-state index contributed by atoms with van der Waals surface area (Å²) in [5.74, 6) is 2.77. The molecule has 0 amide bonds. The summed E-state index contributed by atoms with van der Waals surface area (Å²) in [7, 11) is 1.65. The van der Waals surface area contributed by atoms with Crippen LogP contribution in [0.1, 0.15) is 32.8 Å². The van der Waals surface area contributed by atoms with Gasteiger partial charge in [0.2, 0.25) is 0 Å². The number of fused-ring (bicyclic) bond motifs is 1. The van der Waals surface area contributed by atoms with Crippen LogP contribution in [0.25, 0.3) is 11.2 Å². The van der Waals surface area contributed by atoms with Gasteiger partial charge in [-0.25, -0.2) is 14.8 Å². The Labute approximate surface area is 168 Å². The van der Waals surface area contributed by atoms with Crippen molar-refractivity contribution >= 4 is 28.7 Å². The van der Waals surface area contributed by atoms with E-state index in [0.29, 0.717) is 35.6 Å². The number of ether oxygens (including phenoxy) is 1. The van der Waals surface area contributed by atoms with Crippen LogP contribution in [0.3, 0.4) is 0 Å². The number of H-pyrrole nitrogens is 1. The molecule has 0 aliphatic rings. The van der Waals surface area contributed by atoms with Gasteiger partial charge in [-0.2, -0.15) is 0 Å². The van der Waals surface area contributed by atoms with Crippen LogP contribution in [0.4, 0.5) is 5.82 Å². The molecule has 2 N–H and O–H groups in total. The number of hydrogen-bond donors (Lipinski definition) is 2. The first-order valence-corrected chi connectivity index (χ1v) is 10.5. The van der Waals surface area contributed by atoms with E-state index >= 15 is 0 Å². The minimum atomic E-state index is -0.150. The molecule has 3 aromatic rings. The lowest BCUT2D eigenvalue weighted by Gasteiger charge is -2.12. The molecule has 0 spiro atoms. The lowest BCUT2D eigenvalue weighted by molar-refractivity contribution is 0.414. The van der Waals surface area contributed by atoms with Gasteiger partial charge in [0, 0.05) is 18.8 Å². The normalized spacial score (nSPS) is 11.3. The summed E-state index contributed by atoms with van der Waals surface area (Å²) in [4.78, 5) is 24.6. The summed E-state index contributed by atoms with van der Waals surface area (Å²) < 4.78 is 6.94. The number of aromatic nitrogens is 4. The third kappa shape index (κ3) is 4.67. The van der Waals surface area contributed by atoms with Gasteiger partial charge < -0.3 is 10.1 Å². The largest absolute Gasteiger partial charge is 0.497 e. The van der Waals surface area contributed by atoms with Gasteiger partial charge in [0.1, 0.15) is 11.3 Å². The van der Waals surface area contributed by atoms with Crippen molar-refractivity contribution in [2.75, 3.05) is 18.2 Å². The highest BCUT2D eigenvalue weighted by Crippen LogP contribution is 2.24. The molecule has 0 atom stereocenters. The first-order chi connectivity index (χ1) is 13.5. The van der Waals surface area contributed by atoms with Crippen LogP contribution in [0.15, 0.2) is 34.2 Å². The monoisotopic (exact) mass is 401 g/mol. The SMILES string of the molecule is CCCSc1nc(NCc2ccc(OC)cc2)c2c(n1)[nH]c(=O)n2CC(C)C. The topological polar surface area (TPSA) is 84.8 Å². The van der Waals surface area contributed by atoms with E-state index < -0.39 is 0 Å². The summed E-state index contributed by atoms with van der Waals surface area (Å²) in [5, 5.41) is 4.07. The highest BCUT2D eigenvalue weighted by Gasteiger charge is 2.17. The number of anilines is 1. The number of methoxy groups -OCH3 is 1. The Balaban J connectivity index is 1.96. The number of hydrogen-bond acceptors (Lipinski definition) is 6. The molecule has 3 rings (SSSR count). The zero-order valence-electron chi connectivity index (χ0n) is 16.8. The average Bonchev–Trinajstić information content (AvgIpc) is 2.99. The molecular weight excluding hydrogens is 374 g/mol. The molecule has 8 heteroatoms. The molecule has 2 aromatic heterocycles. The summed E-state index contributed by atoms with van der Waals surface area (Å²) in [5.41, 5.74) is 2.26. The number of benzene rings is 1. The fourth-order valence-corrected chi connectivity index (χ4v) is 3.60. The first-order valence-electron chi connectivity index (χ1n) is 9.52. The predicted octanol–water partition coefficient (Wildman–Crippen LogP) is 3.90. The van der Waals surface area contributed by atoms with Crippen LogP contribution >= 0.6 is 11.8 Å². The van der Waals surface area contributed by atoms with Crippen LogP contribution in [0.5, 0.6) is 5.75 Å². The second-order valence-corrected chi connectivity index (χ2v) is 8.10. The Morgan fingerprint density at radius 3 is 2.64 bits per heavy atom. The maximum Gasteiger partial charge on any atom is 0.327 e. The molecule has 0 fully saturated rings. The maximum absolute atomic E-state index is 12.5. The van der Waals surface area contributed by atoms with Gasteiger partial charge in [0.25, 0.3) is 0 Å². The predicted molar refractivity (Wildman–Crippen MR) is 114 cm³/mol. The van der Waals surface area contributed by atoms with E-state index in [1.54, 1.807) is 23.4 Å². The summed E-state index contributed by atoms with van der Waals surface area (Å²) in [6.45, 7) is 7.50. The van der Waals surface area contributed by atoms with Crippen molar-refractivity contribution in [3.8, 4) is 5.75 Å². The molecule has 0 unspecified atom stereocenters. The number of nitrogens with zero attached hydrogens (tertiary/aromatic N) is 3. The van der Waals surface area contributed by atoms with Crippen LogP contribution in [0, 0.1) is 5.92 Å². The third-order valence-electron chi connectivity index (χ3n) is 4.21. The van der Waals surface area contributed by atoms with Crippen LogP contribution in [0.2, 0.25) is 0 Å². The first kappa shape index (κ1) is 20.3. The number of nitrogens with one attached hydrogen (secondary N) is 2. The molecule has 0 saturated carbocycles. The summed E-state index contributed by atoms with van der Waals surface area (Å²) >= 11 is 1.59. The lowest BCUT2D eigenvalue weighted by atomic mass is 10.2. The zero-order valence-corrected chi connectivity index (χ0v) is 17.6. The molecule has 0 aliphatic heterocycles. The number of aromatic amines is 1. The Hall–Kier alpha value is -2.48. The van der Waals surface area contributed by atoms with E-state index in [1.165, 1.54) is 0 Å². The molecule has 0 radical (unpaired) electrons. The van der Waals surface area contributed by atoms with Crippen molar-refractivity contribution < 1.29 is 4.74 Å². The fourth-order valence-electron chi connectivity index (χ4n) is 2.90. The van der Waals surface area contributed by atoms with Crippen molar-refractivity contribution in [2.24, 2.45) is 5.92 Å². The number of imidazole rings is 1. The van der Waals surface area contributed by atoms with E-state index in [1.807, 2.05) is 24.3 Å². The fraction of sp³-hybridized carbons (Fsp3) is 0.450. The summed E-state index contributed by atoms with van der Waals surface area (Å²) in [6, 6.07) is 7.88. The molecule has 0 aliphatic carbocycles. The Morgan fingerprint density at radius 1 is 1.25 bits per heavy atom. The van der Waals surface area contributed by atoms with E-state index in [4.69, 9.17) is 9.72 Å². The summed E-state index contributed by atoms with van der Waals surface area (Å²) in [6.07, 6.45) is 1.03. The molecule has 0 saturated heterocycles. The third-order valence-corrected chi connectivity index (χ3v) is 5.26. The molecular formula is C20H27N5O2S. The van der Waals surface area contributed by atoms with Crippen molar-refractivity contribution in [1.29, 1.82) is 0 Å². The average molecular weight is 402 g/mol. The van der Waals surface area contributed by atoms with Gasteiger partial charge in [-0.1, -0.05) is 44.7 Å². The molecule has 150 valence electrons. The van der Waals surface area contributed by atoms with Gasteiger partial charge in [-0.3, -0.25) is 9.55 Å². The molecule has 2 heterocycles. The van der Waals surface area contributed by atoms with Crippen molar-refractivity contribution in [3.63, 3.8) is 0 Å². The van der Waals surface area contributed by atoms with Gasteiger partial charge in [-0.05, 0) is 30.0 Å². The Morgan fingerprint density at radius 2 is 2.00 bits per heavy atom. The highest BCUT2D eigenvalue weighted by atomic mass is 32.2. The van der Waals surface area contributed by atoms with Gasteiger partial charge in [0.15, 0.2) is 16.6 Å².